The minimum atomic E-state index is -0.580. The standard InChI is InChI=1S/C20H34O4/c1-3-4-13-23-19(22)20(15-24-16(2)21)17-11-9-7-5-6-8-10-12-18(20)14-17/h17-18H,3-15H2,1-2H3. The maximum Gasteiger partial charge on any atom is 0.316 e. The number of esters is 2. The van der Waals surface area contributed by atoms with E-state index in [1.165, 1.54) is 45.4 Å². The maximum absolute atomic E-state index is 13.0. The molecule has 0 N–H and O–H groups in total. The Balaban J connectivity index is 2.14. The average molecular weight is 338 g/mol. The number of hydrogen-bond donors (Lipinski definition) is 0. The predicted octanol–water partition coefficient (Wildman–Crippen LogP) is 4.65. The van der Waals surface area contributed by atoms with E-state index in [-0.39, 0.29) is 18.5 Å². The van der Waals surface area contributed by atoms with Gasteiger partial charge in [0.05, 0.1) is 6.61 Å². The summed E-state index contributed by atoms with van der Waals surface area (Å²) in [7, 11) is 0. The van der Waals surface area contributed by atoms with E-state index in [9.17, 15) is 9.59 Å². The molecule has 3 aliphatic rings. The lowest BCUT2D eigenvalue weighted by Gasteiger charge is -2.53. The minimum absolute atomic E-state index is 0.113. The van der Waals surface area contributed by atoms with Crippen molar-refractivity contribution >= 4 is 11.9 Å². The van der Waals surface area contributed by atoms with Crippen LogP contribution in [0.25, 0.3) is 0 Å². The number of rotatable bonds is 6. The van der Waals surface area contributed by atoms with E-state index in [1.54, 1.807) is 0 Å². The van der Waals surface area contributed by atoms with Crippen LogP contribution in [-0.4, -0.2) is 25.2 Å². The molecule has 2 bridgehead atoms. The SMILES string of the molecule is CCCCOC(=O)C1(COC(C)=O)C2CCCCCCCCC1C2. The lowest BCUT2D eigenvalue weighted by Crippen LogP contribution is -2.58. The van der Waals surface area contributed by atoms with E-state index in [0.29, 0.717) is 18.4 Å². The van der Waals surface area contributed by atoms with Gasteiger partial charge in [0.15, 0.2) is 0 Å². The van der Waals surface area contributed by atoms with Gasteiger partial charge in [-0.3, -0.25) is 9.59 Å². The number of unbranched alkanes of at least 4 members (excludes halogenated alkanes) is 1. The first kappa shape index (κ1) is 19.3. The molecule has 0 aliphatic heterocycles. The highest BCUT2D eigenvalue weighted by molar-refractivity contribution is 5.80. The first-order valence-electron chi connectivity index (χ1n) is 9.91. The first-order chi connectivity index (χ1) is 11.6. The van der Waals surface area contributed by atoms with Gasteiger partial charge < -0.3 is 9.47 Å². The fraction of sp³-hybridized carbons (Fsp3) is 0.900. The molecule has 3 rings (SSSR count). The molecule has 0 amide bonds. The molecule has 4 nitrogen and oxygen atoms in total. The highest BCUT2D eigenvalue weighted by Crippen LogP contribution is 2.57. The Morgan fingerprint density at radius 2 is 1.54 bits per heavy atom. The molecule has 3 fully saturated rings. The quantitative estimate of drug-likeness (QED) is 0.522. The minimum Gasteiger partial charge on any atom is -0.465 e. The highest BCUT2D eigenvalue weighted by atomic mass is 16.6. The topological polar surface area (TPSA) is 52.6 Å². The van der Waals surface area contributed by atoms with Crippen molar-refractivity contribution in [2.75, 3.05) is 13.2 Å². The lowest BCUT2D eigenvalue weighted by molar-refractivity contribution is -0.193. The van der Waals surface area contributed by atoms with Gasteiger partial charge in [0.2, 0.25) is 0 Å². The van der Waals surface area contributed by atoms with E-state index >= 15 is 0 Å². The number of ether oxygens (including phenoxy) is 2. The van der Waals surface area contributed by atoms with E-state index in [4.69, 9.17) is 9.47 Å². The van der Waals surface area contributed by atoms with E-state index in [1.807, 2.05) is 0 Å². The van der Waals surface area contributed by atoms with Crippen molar-refractivity contribution in [3.8, 4) is 0 Å². The molecule has 4 heteroatoms. The zero-order chi connectivity index (χ0) is 17.4. The molecule has 2 atom stereocenters. The Hall–Kier alpha value is -1.06. The van der Waals surface area contributed by atoms with E-state index < -0.39 is 5.41 Å². The van der Waals surface area contributed by atoms with Crippen molar-refractivity contribution in [3.63, 3.8) is 0 Å². The largest absolute Gasteiger partial charge is 0.465 e. The molecule has 3 aliphatic carbocycles. The van der Waals surface area contributed by atoms with Crippen molar-refractivity contribution in [2.24, 2.45) is 17.3 Å². The third-order valence-corrected chi connectivity index (χ3v) is 6.01. The molecule has 0 aromatic rings. The summed E-state index contributed by atoms with van der Waals surface area (Å²) in [5, 5.41) is 0. The van der Waals surface area contributed by atoms with Gasteiger partial charge in [-0.2, -0.15) is 0 Å². The highest BCUT2D eigenvalue weighted by Gasteiger charge is 2.60. The van der Waals surface area contributed by atoms with Crippen LogP contribution in [0.4, 0.5) is 0 Å². The van der Waals surface area contributed by atoms with Gasteiger partial charge in [-0.15, -0.1) is 0 Å². The summed E-state index contributed by atoms with van der Waals surface area (Å²) in [5.74, 6) is 0.213. The summed E-state index contributed by atoms with van der Waals surface area (Å²) in [5.41, 5.74) is -0.580. The average Bonchev–Trinajstić information content (AvgIpc) is 2.62. The zero-order valence-electron chi connectivity index (χ0n) is 15.5. The monoisotopic (exact) mass is 338 g/mol. The van der Waals surface area contributed by atoms with Gasteiger partial charge >= 0.3 is 11.9 Å². The fourth-order valence-corrected chi connectivity index (χ4v) is 4.47. The van der Waals surface area contributed by atoms with Crippen LogP contribution in [0.1, 0.15) is 84.5 Å². The van der Waals surface area contributed by atoms with Gasteiger partial charge in [0, 0.05) is 6.92 Å². The van der Waals surface area contributed by atoms with Crippen molar-refractivity contribution in [2.45, 2.75) is 84.5 Å². The second-order valence-electron chi connectivity index (χ2n) is 7.64. The Kier molecular flexibility index (Phi) is 7.57. The van der Waals surface area contributed by atoms with Crippen LogP contribution in [0.15, 0.2) is 0 Å². The number of carbonyl (C=O) groups is 2. The molecule has 0 saturated heterocycles. The van der Waals surface area contributed by atoms with E-state index in [0.717, 1.165) is 32.1 Å². The van der Waals surface area contributed by atoms with Crippen molar-refractivity contribution in [1.29, 1.82) is 0 Å². The molecule has 0 aromatic carbocycles. The molecular weight excluding hydrogens is 304 g/mol. The summed E-state index contributed by atoms with van der Waals surface area (Å²) in [6, 6.07) is 0. The van der Waals surface area contributed by atoms with Crippen molar-refractivity contribution in [3.05, 3.63) is 0 Å². The van der Waals surface area contributed by atoms with Crippen LogP contribution in [0.3, 0.4) is 0 Å². The summed E-state index contributed by atoms with van der Waals surface area (Å²) < 4.78 is 11.0. The predicted molar refractivity (Wildman–Crippen MR) is 93.5 cm³/mol. The number of carbonyl (C=O) groups excluding carboxylic acids is 2. The van der Waals surface area contributed by atoms with Gasteiger partial charge in [-0.1, -0.05) is 51.9 Å². The van der Waals surface area contributed by atoms with Crippen LogP contribution in [0.2, 0.25) is 0 Å². The van der Waals surface area contributed by atoms with Gasteiger partial charge in [0.1, 0.15) is 12.0 Å². The fourth-order valence-electron chi connectivity index (χ4n) is 4.47. The molecule has 3 saturated carbocycles. The van der Waals surface area contributed by atoms with Crippen LogP contribution in [0.5, 0.6) is 0 Å². The number of hydrogen-bond acceptors (Lipinski definition) is 4. The normalized spacial score (nSPS) is 30.6. The molecule has 0 radical (unpaired) electrons. The Labute approximate surface area is 146 Å². The Bertz CT molecular complexity index is 398. The molecule has 0 aromatic heterocycles. The second kappa shape index (κ2) is 9.43. The lowest BCUT2D eigenvalue weighted by atomic mass is 9.50. The zero-order valence-corrected chi connectivity index (χ0v) is 15.5. The van der Waals surface area contributed by atoms with Gasteiger partial charge in [-0.05, 0) is 37.5 Å². The molecule has 2 unspecified atom stereocenters. The first-order valence-corrected chi connectivity index (χ1v) is 9.91. The molecular formula is C20H34O4. The van der Waals surface area contributed by atoms with Crippen LogP contribution in [-0.2, 0) is 19.1 Å². The maximum atomic E-state index is 13.0. The molecule has 0 spiro atoms. The summed E-state index contributed by atoms with van der Waals surface area (Å²) in [6.45, 7) is 4.21. The third-order valence-electron chi connectivity index (χ3n) is 6.01. The molecule has 0 heterocycles. The Morgan fingerprint density at radius 1 is 0.958 bits per heavy atom. The van der Waals surface area contributed by atoms with Gasteiger partial charge in [0.25, 0.3) is 0 Å². The van der Waals surface area contributed by atoms with Crippen molar-refractivity contribution < 1.29 is 19.1 Å². The second-order valence-corrected chi connectivity index (χ2v) is 7.64. The van der Waals surface area contributed by atoms with Gasteiger partial charge in [-0.25, -0.2) is 0 Å². The van der Waals surface area contributed by atoms with Crippen LogP contribution in [0, 0.1) is 17.3 Å². The molecule has 24 heavy (non-hydrogen) atoms. The van der Waals surface area contributed by atoms with Crippen LogP contribution >= 0.6 is 0 Å². The van der Waals surface area contributed by atoms with Crippen LogP contribution < -0.4 is 0 Å². The van der Waals surface area contributed by atoms with Crippen molar-refractivity contribution in [1.82, 2.24) is 0 Å². The summed E-state index contributed by atoms with van der Waals surface area (Å²) >= 11 is 0. The van der Waals surface area contributed by atoms with E-state index in [2.05, 4.69) is 6.92 Å². The Morgan fingerprint density at radius 3 is 2.08 bits per heavy atom. The summed E-state index contributed by atoms with van der Waals surface area (Å²) in [6.07, 6.45) is 12.5. The summed E-state index contributed by atoms with van der Waals surface area (Å²) in [4.78, 5) is 24.4. The molecule has 138 valence electrons. The smallest absolute Gasteiger partial charge is 0.316 e. The number of fused-ring (bicyclic) bond motifs is 7. The third kappa shape index (κ3) is 4.52.